The summed E-state index contributed by atoms with van der Waals surface area (Å²) >= 11 is 3.30. The Bertz CT molecular complexity index is 603. The summed E-state index contributed by atoms with van der Waals surface area (Å²) in [4.78, 5) is 36.7. The van der Waals surface area contributed by atoms with Crippen LogP contribution < -0.4 is 10.1 Å². The van der Waals surface area contributed by atoms with Gasteiger partial charge in [-0.25, -0.2) is 0 Å². The second-order valence-corrected chi connectivity index (χ2v) is 5.56. The molecule has 1 unspecified atom stereocenters. The number of benzene rings is 1. The van der Waals surface area contributed by atoms with Crippen molar-refractivity contribution in [2.45, 2.75) is 18.9 Å². The van der Waals surface area contributed by atoms with Gasteiger partial charge in [0.1, 0.15) is 11.8 Å². The molecule has 1 N–H and O–H groups in total. The van der Waals surface area contributed by atoms with Crippen molar-refractivity contribution < 1.29 is 19.1 Å². The number of methoxy groups -OCH3 is 1. The van der Waals surface area contributed by atoms with E-state index in [0.717, 1.165) is 4.90 Å². The van der Waals surface area contributed by atoms with Gasteiger partial charge < -0.3 is 10.1 Å². The maximum Gasteiger partial charge on any atom is 0.253 e. The van der Waals surface area contributed by atoms with Crippen LogP contribution in [-0.2, 0) is 9.59 Å². The number of rotatable bonds is 3. The summed E-state index contributed by atoms with van der Waals surface area (Å²) in [6.45, 7) is 0. The Labute approximate surface area is 130 Å². The number of nitrogens with one attached hydrogen (secondary N) is 1. The minimum atomic E-state index is -0.682. The predicted molar refractivity (Wildman–Crippen MR) is 79.0 cm³/mol. The number of piperidine rings is 1. The first-order chi connectivity index (χ1) is 9.93. The average Bonchev–Trinajstić information content (AvgIpc) is 2.48. The molecule has 2 rings (SSSR count). The lowest BCUT2D eigenvalue weighted by molar-refractivity contribution is -0.147. The first-order valence-electron chi connectivity index (χ1n) is 6.39. The Morgan fingerprint density at radius 3 is 2.81 bits per heavy atom. The summed E-state index contributed by atoms with van der Waals surface area (Å²) < 4.78 is 5.69. The Hall–Kier alpha value is -1.89. The van der Waals surface area contributed by atoms with E-state index in [9.17, 15) is 14.4 Å². The molecule has 7 heteroatoms. The molecule has 0 radical (unpaired) electrons. The van der Waals surface area contributed by atoms with E-state index in [2.05, 4.69) is 21.2 Å². The zero-order valence-electron chi connectivity index (χ0n) is 11.7. The SMILES string of the molecule is COc1ccc(Br)c(C(=O)NC2CCC(=O)N(C)C2=O)c1. The second-order valence-electron chi connectivity index (χ2n) is 4.70. The van der Waals surface area contributed by atoms with E-state index in [-0.39, 0.29) is 18.2 Å². The number of imide groups is 1. The minimum absolute atomic E-state index is 0.229. The molecule has 112 valence electrons. The van der Waals surface area contributed by atoms with Crippen LogP contribution in [-0.4, -0.2) is 42.8 Å². The van der Waals surface area contributed by atoms with E-state index < -0.39 is 11.9 Å². The van der Waals surface area contributed by atoms with Crippen LogP contribution in [0.25, 0.3) is 0 Å². The highest BCUT2D eigenvalue weighted by Crippen LogP contribution is 2.23. The Morgan fingerprint density at radius 2 is 2.14 bits per heavy atom. The third-order valence-electron chi connectivity index (χ3n) is 3.37. The first-order valence-corrected chi connectivity index (χ1v) is 7.18. The van der Waals surface area contributed by atoms with E-state index >= 15 is 0 Å². The van der Waals surface area contributed by atoms with Gasteiger partial charge >= 0.3 is 0 Å². The monoisotopic (exact) mass is 354 g/mol. The predicted octanol–water partition coefficient (Wildman–Crippen LogP) is 1.33. The molecular formula is C14H15BrN2O4. The van der Waals surface area contributed by atoms with Crippen molar-refractivity contribution in [3.05, 3.63) is 28.2 Å². The Kier molecular flexibility index (Phi) is 4.62. The standard InChI is InChI=1S/C14H15BrN2O4/c1-17-12(18)6-5-11(14(17)20)16-13(19)9-7-8(21-2)3-4-10(9)15/h3-4,7,11H,5-6H2,1-2H3,(H,16,19). The maximum absolute atomic E-state index is 12.3. The third-order valence-corrected chi connectivity index (χ3v) is 4.06. The van der Waals surface area contributed by atoms with Gasteiger partial charge in [0.25, 0.3) is 11.8 Å². The highest BCUT2D eigenvalue weighted by atomic mass is 79.9. The lowest BCUT2D eigenvalue weighted by Gasteiger charge is -2.28. The van der Waals surface area contributed by atoms with Gasteiger partial charge in [-0.1, -0.05) is 0 Å². The number of ether oxygens (including phenoxy) is 1. The van der Waals surface area contributed by atoms with E-state index in [1.54, 1.807) is 18.2 Å². The van der Waals surface area contributed by atoms with Gasteiger partial charge in [0, 0.05) is 17.9 Å². The molecule has 6 nitrogen and oxygen atoms in total. The number of hydrogen-bond donors (Lipinski definition) is 1. The summed E-state index contributed by atoms with van der Waals surface area (Å²) in [5, 5.41) is 2.66. The maximum atomic E-state index is 12.3. The molecule has 1 aliphatic rings. The molecule has 0 bridgehead atoms. The molecule has 1 aromatic carbocycles. The fourth-order valence-corrected chi connectivity index (χ4v) is 2.52. The number of carbonyl (C=O) groups is 3. The topological polar surface area (TPSA) is 75.7 Å². The fraction of sp³-hybridized carbons (Fsp3) is 0.357. The molecule has 1 fully saturated rings. The van der Waals surface area contributed by atoms with Crippen LogP contribution in [0.4, 0.5) is 0 Å². The fourth-order valence-electron chi connectivity index (χ4n) is 2.09. The second kappa shape index (κ2) is 6.26. The average molecular weight is 355 g/mol. The van der Waals surface area contributed by atoms with Crippen molar-refractivity contribution in [1.29, 1.82) is 0 Å². The van der Waals surface area contributed by atoms with E-state index in [0.29, 0.717) is 22.2 Å². The molecule has 1 aromatic rings. The van der Waals surface area contributed by atoms with Crippen molar-refractivity contribution in [2.24, 2.45) is 0 Å². The molecule has 21 heavy (non-hydrogen) atoms. The molecule has 0 aliphatic carbocycles. The number of amides is 3. The molecule has 1 heterocycles. The largest absolute Gasteiger partial charge is 0.497 e. The molecule has 0 saturated carbocycles. The number of nitrogens with zero attached hydrogens (tertiary/aromatic N) is 1. The molecule has 0 aromatic heterocycles. The Balaban J connectivity index is 2.15. The molecule has 0 spiro atoms. The lowest BCUT2D eigenvalue weighted by atomic mass is 10.0. The number of likely N-dealkylation sites (tertiary alicyclic amines) is 1. The Morgan fingerprint density at radius 1 is 1.43 bits per heavy atom. The summed E-state index contributed by atoms with van der Waals surface area (Å²) in [7, 11) is 2.93. The van der Waals surface area contributed by atoms with Crippen LogP contribution in [0.1, 0.15) is 23.2 Å². The molecule has 1 atom stereocenters. The van der Waals surface area contributed by atoms with Gasteiger partial charge in [-0.2, -0.15) is 0 Å². The highest BCUT2D eigenvalue weighted by Gasteiger charge is 2.33. The minimum Gasteiger partial charge on any atom is -0.497 e. The zero-order chi connectivity index (χ0) is 15.6. The summed E-state index contributed by atoms with van der Waals surface area (Å²) in [6.07, 6.45) is 0.557. The number of hydrogen-bond acceptors (Lipinski definition) is 4. The van der Waals surface area contributed by atoms with E-state index in [4.69, 9.17) is 4.74 Å². The van der Waals surface area contributed by atoms with Gasteiger partial charge in [0.05, 0.1) is 12.7 Å². The summed E-state index contributed by atoms with van der Waals surface area (Å²) in [5.41, 5.74) is 0.377. The van der Waals surface area contributed by atoms with Crippen molar-refractivity contribution in [2.75, 3.05) is 14.2 Å². The highest BCUT2D eigenvalue weighted by molar-refractivity contribution is 9.10. The van der Waals surface area contributed by atoms with Crippen molar-refractivity contribution in [3.63, 3.8) is 0 Å². The van der Waals surface area contributed by atoms with Gasteiger partial charge in [-0.15, -0.1) is 0 Å². The van der Waals surface area contributed by atoms with Gasteiger partial charge in [-0.3, -0.25) is 19.3 Å². The first kappa shape index (κ1) is 15.5. The van der Waals surface area contributed by atoms with Crippen LogP contribution in [0.15, 0.2) is 22.7 Å². The van der Waals surface area contributed by atoms with Gasteiger partial charge in [0.15, 0.2) is 0 Å². The number of likely N-dealkylation sites (N-methyl/N-ethyl adjacent to an activating group) is 1. The van der Waals surface area contributed by atoms with Crippen LogP contribution in [0, 0.1) is 0 Å². The van der Waals surface area contributed by atoms with Gasteiger partial charge in [0.2, 0.25) is 5.91 Å². The summed E-state index contributed by atoms with van der Waals surface area (Å²) in [6, 6.07) is 4.32. The van der Waals surface area contributed by atoms with Crippen LogP contribution >= 0.6 is 15.9 Å². The lowest BCUT2D eigenvalue weighted by Crippen LogP contribution is -2.52. The van der Waals surface area contributed by atoms with E-state index in [1.807, 2.05) is 0 Å². The smallest absolute Gasteiger partial charge is 0.253 e. The summed E-state index contributed by atoms with van der Waals surface area (Å²) in [5.74, 6) is -0.459. The van der Waals surface area contributed by atoms with Crippen molar-refractivity contribution >= 4 is 33.7 Å². The normalized spacial score (nSPS) is 18.6. The molecule has 1 saturated heterocycles. The van der Waals surface area contributed by atoms with Crippen molar-refractivity contribution in [1.82, 2.24) is 10.2 Å². The zero-order valence-corrected chi connectivity index (χ0v) is 13.3. The number of halogens is 1. The van der Waals surface area contributed by atoms with Crippen LogP contribution in [0.5, 0.6) is 5.75 Å². The van der Waals surface area contributed by atoms with Crippen molar-refractivity contribution in [3.8, 4) is 5.75 Å². The van der Waals surface area contributed by atoms with Crippen LogP contribution in [0.2, 0.25) is 0 Å². The van der Waals surface area contributed by atoms with E-state index in [1.165, 1.54) is 14.2 Å². The quantitative estimate of drug-likeness (QED) is 0.831. The number of carbonyl (C=O) groups excluding carboxylic acids is 3. The van der Waals surface area contributed by atoms with Gasteiger partial charge in [-0.05, 0) is 40.5 Å². The molecular weight excluding hydrogens is 340 g/mol. The molecule has 1 aliphatic heterocycles. The van der Waals surface area contributed by atoms with Crippen LogP contribution in [0.3, 0.4) is 0 Å². The third kappa shape index (κ3) is 3.24. The molecule has 3 amide bonds.